The van der Waals surface area contributed by atoms with Crippen molar-refractivity contribution in [1.29, 1.82) is 0 Å². The van der Waals surface area contributed by atoms with Gasteiger partial charge in [-0.15, -0.1) is 0 Å². The average molecular weight is 179 g/mol. The first-order chi connectivity index (χ1) is 6.09. The third-order valence-electron chi connectivity index (χ3n) is 2.56. The van der Waals surface area contributed by atoms with E-state index in [2.05, 4.69) is 50.9 Å². The maximum Gasteiger partial charge on any atom is 0.00565 e. The first-order valence-corrected chi connectivity index (χ1v) is 5.13. The number of allylic oxidation sites excluding steroid dienone is 3. The number of hydrogen-bond acceptors (Lipinski definition) is 1. The first kappa shape index (κ1) is 10.5. The molecule has 0 unspecified atom stereocenters. The summed E-state index contributed by atoms with van der Waals surface area (Å²) >= 11 is 0. The van der Waals surface area contributed by atoms with E-state index in [1.165, 1.54) is 18.7 Å². The van der Waals surface area contributed by atoms with E-state index in [0.29, 0.717) is 5.92 Å². The topological polar surface area (TPSA) is 3.24 Å². The molecule has 1 heterocycles. The molecular weight excluding hydrogens is 158 g/mol. The molecule has 0 aromatic heterocycles. The molecule has 0 atom stereocenters. The fraction of sp³-hybridized carbons (Fsp3) is 0.667. The normalized spacial score (nSPS) is 21.5. The van der Waals surface area contributed by atoms with Crippen LogP contribution in [0.1, 0.15) is 20.8 Å². The van der Waals surface area contributed by atoms with Gasteiger partial charge in [-0.05, 0) is 19.9 Å². The van der Waals surface area contributed by atoms with Gasteiger partial charge < -0.3 is 4.90 Å². The van der Waals surface area contributed by atoms with Gasteiger partial charge in [-0.25, -0.2) is 0 Å². The maximum absolute atomic E-state index is 2.36. The molecule has 1 rings (SSSR count). The van der Waals surface area contributed by atoms with Crippen LogP contribution in [-0.4, -0.2) is 25.0 Å². The van der Waals surface area contributed by atoms with Crippen LogP contribution in [0, 0.1) is 11.8 Å². The van der Waals surface area contributed by atoms with Crippen molar-refractivity contribution in [3.8, 4) is 0 Å². The van der Waals surface area contributed by atoms with E-state index in [4.69, 9.17) is 0 Å². The fourth-order valence-corrected chi connectivity index (χ4v) is 1.55. The molecule has 0 bridgehead atoms. The predicted molar refractivity (Wildman–Crippen MR) is 58.7 cm³/mol. The van der Waals surface area contributed by atoms with Gasteiger partial charge in [0.05, 0.1) is 0 Å². The van der Waals surface area contributed by atoms with Crippen molar-refractivity contribution in [3.05, 3.63) is 23.8 Å². The second kappa shape index (κ2) is 4.61. The van der Waals surface area contributed by atoms with E-state index in [-0.39, 0.29) is 0 Å². The number of hydrogen-bond donors (Lipinski definition) is 0. The minimum atomic E-state index is 0.660. The molecule has 1 fully saturated rings. The van der Waals surface area contributed by atoms with E-state index < -0.39 is 0 Å². The van der Waals surface area contributed by atoms with Crippen LogP contribution in [0.25, 0.3) is 0 Å². The summed E-state index contributed by atoms with van der Waals surface area (Å²) in [6.07, 6.45) is 6.70. The smallest absolute Gasteiger partial charge is 0.00565 e. The van der Waals surface area contributed by atoms with Gasteiger partial charge in [-0.3, -0.25) is 0 Å². The molecule has 0 saturated carbocycles. The van der Waals surface area contributed by atoms with Gasteiger partial charge in [0.25, 0.3) is 0 Å². The van der Waals surface area contributed by atoms with Gasteiger partial charge in [0.15, 0.2) is 0 Å². The molecule has 1 saturated heterocycles. The van der Waals surface area contributed by atoms with Gasteiger partial charge >= 0.3 is 0 Å². The highest BCUT2D eigenvalue weighted by molar-refractivity contribution is 5.16. The zero-order chi connectivity index (χ0) is 9.84. The molecular formula is C12H21N. The second-order valence-electron chi connectivity index (χ2n) is 4.46. The Morgan fingerprint density at radius 1 is 1.38 bits per heavy atom. The minimum Gasteiger partial charge on any atom is -0.305 e. The van der Waals surface area contributed by atoms with Crippen molar-refractivity contribution in [2.45, 2.75) is 20.8 Å². The molecule has 74 valence electrons. The Balaban J connectivity index is 2.34. The van der Waals surface area contributed by atoms with Crippen LogP contribution in [0.15, 0.2) is 23.8 Å². The summed E-state index contributed by atoms with van der Waals surface area (Å²) < 4.78 is 0. The molecule has 1 heteroatoms. The van der Waals surface area contributed by atoms with Crippen molar-refractivity contribution in [2.75, 3.05) is 20.1 Å². The molecule has 1 aliphatic rings. The molecule has 1 nitrogen and oxygen atoms in total. The van der Waals surface area contributed by atoms with Crippen molar-refractivity contribution < 1.29 is 0 Å². The fourth-order valence-electron chi connectivity index (χ4n) is 1.55. The Morgan fingerprint density at radius 3 is 2.46 bits per heavy atom. The molecule has 0 N–H and O–H groups in total. The van der Waals surface area contributed by atoms with Crippen LogP contribution in [0.5, 0.6) is 0 Å². The predicted octanol–water partition coefficient (Wildman–Crippen LogP) is 2.71. The standard InChI is InChI=1S/C12H21N/c1-10(2)6-5-7-11(3)12-8-13(4)9-12/h5-7,10,12H,8-9H2,1-4H3/b6-5-,11-7+. The van der Waals surface area contributed by atoms with Crippen molar-refractivity contribution in [1.82, 2.24) is 4.90 Å². The van der Waals surface area contributed by atoms with Gasteiger partial charge in [-0.2, -0.15) is 0 Å². The number of nitrogens with zero attached hydrogens (tertiary/aromatic N) is 1. The molecule has 1 aliphatic heterocycles. The van der Waals surface area contributed by atoms with Gasteiger partial charge in [0.1, 0.15) is 0 Å². The first-order valence-electron chi connectivity index (χ1n) is 5.13. The molecule has 0 aliphatic carbocycles. The summed E-state index contributed by atoms with van der Waals surface area (Å²) in [5.74, 6) is 1.47. The summed E-state index contributed by atoms with van der Waals surface area (Å²) in [5.41, 5.74) is 1.52. The summed E-state index contributed by atoms with van der Waals surface area (Å²) in [4.78, 5) is 2.36. The van der Waals surface area contributed by atoms with Crippen LogP contribution in [-0.2, 0) is 0 Å². The van der Waals surface area contributed by atoms with E-state index in [1.807, 2.05) is 0 Å². The molecule has 0 spiro atoms. The Kier molecular flexibility index (Phi) is 3.73. The number of rotatable bonds is 3. The van der Waals surface area contributed by atoms with Crippen LogP contribution >= 0.6 is 0 Å². The van der Waals surface area contributed by atoms with Crippen LogP contribution < -0.4 is 0 Å². The SMILES string of the molecule is C/C(=C\C=C/C(C)C)C1CN(C)C1. The lowest BCUT2D eigenvalue weighted by Crippen LogP contribution is -2.44. The molecule has 0 amide bonds. The van der Waals surface area contributed by atoms with Crippen molar-refractivity contribution in [3.63, 3.8) is 0 Å². The van der Waals surface area contributed by atoms with E-state index in [1.54, 1.807) is 0 Å². The summed E-state index contributed by atoms with van der Waals surface area (Å²) in [6, 6.07) is 0. The van der Waals surface area contributed by atoms with E-state index in [0.717, 1.165) is 5.92 Å². The second-order valence-corrected chi connectivity index (χ2v) is 4.46. The summed E-state index contributed by atoms with van der Waals surface area (Å²) in [5, 5.41) is 0. The lowest BCUT2D eigenvalue weighted by Gasteiger charge is -2.36. The minimum absolute atomic E-state index is 0.660. The van der Waals surface area contributed by atoms with Crippen LogP contribution in [0.4, 0.5) is 0 Å². The summed E-state index contributed by atoms with van der Waals surface area (Å²) in [6.45, 7) is 9.12. The molecule has 13 heavy (non-hydrogen) atoms. The van der Waals surface area contributed by atoms with Crippen molar-refractivity contribution in [2.24, 2.45) is 11.8 Å². The van der Waals surface area contributed by atoms with Crippen LogP contribution in [0.3, 0.4) is 0 Å². The van der Waals surface area contributed by atoms with Crippen molar-refractivity contribution >= 4 is 0 Å². The number of likely N-dealkylation sites (tertiary alicyclic amines) is 1. The highest BCUT2D eigenvalue weighted by Gasteiger charge is 2.23. The molecule has 0 aromatic carbocycles. The van der Waals surface area contributed by atoms with Gasteiger partial charge in [-0.1, -0.05) is 37.6 Å². The van der Waals surface area contributed by atoms with Crippen LogP contribution in [0.2, 0.25) is 0 Å². The quantitative estimate of drug-likeness (QED) is 0.602. The third-order valence-corrected chi connectivity index (χ3v) is 2.56. The monoisotopic (exact) mass is 179 g/mol. The van der Waals surface area contributed by atoms with Gasteiger partial charge in [0.2, 0.25) is 0 Å². The Bertz CT molecular complexity index is 207. The highest BCUT2D eigenvalue weighted by atomic mass is 15.2. The Hall–Kier alpha value is -0.560. The Labute approximate surface area is 82.1 Å². The van der Waals surface area contributed by atoms with E-state index in [9.17, 15) is 0 Å². The Morgan fingerprint density at radius 2 is 2.00 bits per heavy atom. The van der Waals surface area contributed by atoms with E-state index >= 15 is 0 Å². The largest absolute Gasteiger partial charge is 0.305 e. The zero-order valence-corrected chi connectivity index (χ0v) is 9.25. The third kappa shape index (κ3) is 3.35. The lowest BCUT2D eigenvalue weighted by molar-refractivity contribution is 0.161. The molecule has 0 aromatic rings. The molecule has 0 radical (unpaired) electrons. The average Bonchev–Trinajstić information content (AvgIpc) is 1.97. The lowest BCUT2D eigenvalue weighted by atomic mass is 9.92. The highest BCUT2D eigenvalue weighted by Crippen LogP contribution is 2.21. The van der Waals surface area contributed by atoms with Gasteiger partial charge in [0, 0.05) is 19.0 Å². The zero-order valence-electron chi connectivity index (χ0n) is 9.25. The summed E-state index contributed by atoms with van der Waals surface area (Å²) in [7, 11) is 2.17. The maximum atomic E-state index is 2.36.